The highest BCUT2D eigenvalue weighted by Crippen LogP contribution is 2.38. The summed E-state index contributed by atoms with van der Waals surface area (Å²) in [6.45, 7) is 12.0. The number of rotatable bonds is 11. The van der Waals surface area contributed by atoms with Gasteiger partial charge in [0.2, 0.25) is 10.0 Å². The normalized spacial score (nSPS) is 15.8. The first-order chi connectivity index (χ1) is 21.2. The minimum absolute atomic E-state index is 0.00279. The number of sulfonamides is 1. The molecule has 1 aliphatic heterocycles. The van der Waals surface area contributed by atoms with Crippen molar-refractivity contribution >= 4 is 35.5 Å². The summed E-state index contributed by atoms with van der Waals surface area (Å²) in [5, 5.41) is -0.00279. The Morgan fingerprint density at radius 3 is 2.31 bits per heavy atom. The maximum atomic E-state index is 14.1. The number of nitrogens with one attached hydrogen (secondary N) is 1. The molecule has 0 saturated carbocycles. The lowest BCUT2D eigenvalue weighted by Gasteiger charge is -2.41. The van der Waals surface area contributed by atoms with Crippen LogP contribution in [0.25, 0.3) is 5.57 Å². The number of carbonyl (C=O) groups is 1. The second-order valence-electron chi connectivity index (χ2n) is 12.7. The average molecular weight is 652 g/mol. The van der Waals surface area contributed by atoms with E-state index in [4.69, 9.17) is 19.6 Å². The largest absolute Gasteiger partial charge is 0.493 e. The molecule has 242 valence electrons. The number of methoxy groups -OCH3 is 1. The fourth-order valence-electron chi connectivity index (χ4n) is 4.85. The van der Waals surface area contributed by atoms with Gasteiger partial charge in [-0.15, -0.1) is 0 Å². The minimum atomic E-state index is -3.55. The third-order valence-corrected chi connectivity index (χ3v) is 14.7. The summed E-state index contributed by atoms with van der Waals surface area (Å²) >= 11 is 0. The van der Waals surface area contributed by atoms with E-state index in [0.717, 1.165) is 16.7 Å². The van der Waals surface area contributed by atoms with Crippen molar-refractivity contribution in [2.24, 2.45) is 0 Å². The molecule has 1 atom stereocenters. The standard InChI is InChI=1S/C34H45N3O6SSi/c1-34(2,3)45(6,7)43-23-27-19-26(25-13-15-28(16-14-25)44(39,40)36-4)17-18-37(27)33(38)29-20-31(41-5)32(21-30(29)35)42-22-24-11-9-8-10-12-24/h8-17,20-21,27,36H,18-19,22-23,35H2,1-7H3/t27-/m0/s1. The van der Waals surface area contributed by atoms with Crippen molar-refractivity contribution in [1.82, 2.24) is 9.62 Å². The average Bonchev–Trinajstić information content (AvgIpc) is 3.02. The maximum Gasteiger partial charge on any atom is 0.256 e. The molecule has 0 spiro atoms. The molecule has 1 aliphatic rings. The third kappa shape index (κ3) is 7.96. The van der Waals surface area contributed by atoms with Crippen molar-refractivity contribution in [1.29, 1.82) is 0 Å². The van der Waals surface area contributed by atoms with Crippen LogP contribution in [0.5, 0.6) is 11.5 Å². The number of amides is 1. The molecule has 3 aromatic rings. The zero-order valence-electron chi connectivity index (χ0n) is 27.2. The Hall–Kier alpha value is -3.64. The maximum absolute atomic E-state index is 14.1. The molecule has 0 radical (unpaired) electrons. The van der Waals surface area contributed by atoms with E-state index in [-0.39, 0.29) is 21.9 Å². The Bertz CT molecular complexity index is 1630. The highest BCUT2D eigenvalue weighted by atomic mass is 32.2. The second kappa shape index (κ2) is 13.8. The van der Waals surface area contributed by atoms with Gasteiger partial charge < -0.3 is 24.5 Å². The predicted molar refractivity (Wildman–Crippen MR) is 181 cm³/mol. The Balaban J connectivity index is 1.63. The van der Waals surface area contributed by atoms with Gasteiger partial charge in [0.15, 0.2) is 19.8 Å². The molecular formula is C34H45N3O6SSi. The molecule has 0 aromatic heterocycles. The van der Waals surface area contributed by atoms with E-state index in [1.165, 1.54) is 14.2 Å². The lowest BCUT2D eigenvalue weighted by atomic mass is 9.93. The molecule has 0 saturated heterocycles. The number of hydrogen-bond acceptors (Lipinski definition) is 7. The number of ether oxygens (including phenoxy) is 2. The first-order valence-corrected chi connectivity index (χ1v) is 19.4. The van der Waals surface area contributed by atoms with E-state index in [1.807, 2.05) is 36.4 Å². The van der Waals surface area contributed by atoms with Crippen molar-refractivity contribution in [3.8, 4) is 11.5 Å². The summed E-state index contributed by atoms with van der Waals surface area (Å²) in [6, 6.07) is 19.6. The summed E-state index contributed by atoms with van der Waals surface area (Å²) in [6.07, 6.45) is 2.54. The topological polar surface area (TPSA) is 120 Å². The molecule has 0 fully saturated rings. The van der Waals surface area contributed by atoms with Crippen LogP contribution in [-0.4, -0.2) is 60.9 Å². The number of nitrogens with zero attached hydrogens (tertiary/aromatic N) is 1. The van der Waals surface area contributed by atoms with Crippen molar-refractivity contribution in [3.05, 3.63) is 89.5 Å². The fourth-order valence-corrected chi connectivity index (χ4v) is 6.62. The molecule has 11 heteroatoms. The highest BCUT2D eigenvalue weighted by Gasteiger charge is 2.39. The number of carbonyl (C=O) groups excluding carboxylic acids is 1. The van der Waals surface area contributed by atoms with Gasteiger partial charge in [-0.2, -0.15) is 0 Å². The van der Waals surface area contributed by atoms with Gasteiger partial charge in [-0.25, -0.2) is 13.1 Å². The summed E-state index contributed by atoms with van der Waals surface area (Å²) < 4.78 is 45.1. The Morgan fingerprint density at radius 1 is 1.04 bits per heavy atom. The monoisotopic (exact) mass is 651 g/mol. The summed E-state index contributed by atoms with van der Waals surface area (Å²) in [5.74, 6) is 0.648. The zero-order valence-corrected chi connectivity index (χ0v) is 29.0. The summed E-state index contributed by atoms with van der Waals surface area (Å²) in [4.78, 5) is 16.1. The van der Waals surface area contributed by atoms with Gasteiger partial charge in [-0.05, 0) is 66.5 Å². The van der Waals surface area contributed by atoms with Crippen LogP contribution in [0, 0.1) is 0 Å². The van der Waals surface area contributed by atoms with Crippen molar-refractivity contribution in [2.45, 2.75) is 62.9 Å². The lowest BCUT2D eigenvalue weighted by Crippen LogP contribution is -2.49. The molecule has 0 aliphatic carbocycles. The van der Waals surface area contributed by atoms with Crippen LogP contribution < -0.4 is 19.9 Å². The van der Waals surface area contributed by atoms with Crippen molar-refractivity contribution in [3.63, 3.8) is 0 Å². The molecule has 3 N–H and O–H groups in total. The Kier molecular flexibility index (Phi) is 10.5. The molecule has 1 heterocycles. The third-order valence-electron chi connectivity index (χ3n) is 8.74. The first kappa shape index (κ1) is 34.2. The molecule has 9 nitrogen and oxygen atoms in total. The van der Waals surface area contributed by atoms with Gasteiger partial charge in [-0.3, -0.25) is 4.79 Å². The van der Waals surface area contributed by atoms with Crippen LogP contribution in [-0.2, 0) is 21.1 Å². The van der Waals surface area contributed by atoms with Crippen LogP contribution in [0.15, 0.2) is 77.7 Å². The van der Waals surface area contributed by atoms with Gasteiger partial charge in [0, 0.05) is 18.3 Å². The van der Waals surface area contributed by atoms with E-state index in [9.17, 15) is 13.2 Å². The number of hydrogen-bond donors (Lipinski definition) is 2. The molecule has 1 amide bonds. The zero-order chi connectivity index (χ0) is 33.0. The summed E-state index contributed by atoms with van der Waals surface area (Å²) in [5.41, 5.74) is 10.0. The first-order valence-electron chi connectivity index (χ1n) is 15.0. The number of anilines is 1. The Labute approximate surface area is 268 Å². The van der Waals surface area contributed by atoms with Crippen LogP contribution >= 0.6 is 0 Å². The highest BCUT2D eigenvalue weighted by molar-refractivity contribution is 7.89. The van der Waals surface area contributed by atoms with Gasteiger partial charge in [0.1, 0.15) is 6.61 Å². The van der Waals surface area contributed by atoms with Crippen molar-refractivity contribution in [2.75, 3.05) is 33.0 Å². The number of nitrogens with two attached hydrogens (primary N) is 1. The SMILES string of the molecule is CNS(=O)(=O)c1ccc(C2=CCN(C(=O)c3cc(OC)c(OCc4ccccc4)cc3N)[C@H](CO[Si](C)(C)C(C)(C)C)C2)cc1. The molecule has 4 rings (SSSR count). The Morgan fingerprint density at radius 2 is 1.71 bits per heavy atom. The van der Waals surface area contributed by atoms with Gasteiger partial charge in [0.25, 0.3) is 5.91 Å². The van der Waals surface area contributed by atoms with Crippen LogP contribution in [0.3, 0.4) is 0 Å². The lowest BCUT2D eigenvalue weighted by molar-refractivity contribution is 0.0627. The number of benzene rings is 3. The van der Waals surface area contributed by atoms with E-state index in [0.29, 0.717) is 48.9 Å². The van der Waals surface area contributed by atoms with E-state index >= 15 is 0 Å². The second-order valence-corrected chi connectivity index (χ2v) is 19.4. The molecular weight excluding hydrogens is 607 g/mol. The smallest absolute Gasteiger partial charge is 0.256 e. The van der Waals surface area contributed by atoms with E-state index in [1.54, 1.807) is 41.3 Å². The van der Waals surface area contributed by atoms with Crippen LogP contribution in [0.1, 0.15) is 48.7 Å². The fraction of sp³-hybridized carbons (Fsp3) is 0.382. The molecule has 45 heavy (non-hydrogen) atoms. The molecule has 3 aromatic carbocycles. The molecule has 0 unspecified atom stereocenters. The van der Waals surface area contributed by atoms with E-state index < -0.39 is 18.3 Å². The minimum Gasteiger partial charge on any atom is -0.493 e. The van der Waals surface area contributed by atoms with Crippen molar-refractivity contribution < 1.29 is 27.1 Å². The number of nitrogen functional groups attached to an aromatic ring is 1. The van der Waals surface area contributed by atoms with E-state index in [2.05, 4.69) is 38.6 Å². The summed E-state index contributed by atoms with van der Waals surface area (Å²) in [7, 11) is -2.75. The van der Waals surface area contributed by atoms with Crippen LogP contribution in [0.2, 0.25) is 18.1 Å². The van der Waals surface area contributed by atoms with Gasteiger partial charge in [-0.1, -0.05) is 69.3 Å². The van der Waals surface area contributed by atoms with Crippen LogP contribution in [0.4, 0.5) is 5.69 Å². The molecule has 0 bridgehead atoms. The van der Waals surface area contributed by atoms with Gasteiger partial charge >= 0.3 is 0 Å². The quantitative estimate of drug-likeness (QED) is 0.190. The predicted octanol–water partition coefficient (Wildman–Crippen LogP) is 6.08. The van der Waals surface area contributed by atoms with Gasteiger partial charge in [0.05, 0.1) is 30.2 Å².